The molecule has 1 saturated heterocycles. The Morgan fingerprint density at radius 1 is 1.29 bits per heavy atom. The Balaban J connectivity index is 2.00. The molecule has 1 saturated carbocycles. The van der Waals surface area contributed by atoms with Gasteiger partial charge in [0, 0.05) is 13.6 Å². The molecule has 3 atom stereocenters. The predicted molar refractivity (Wildman–Crippen MR) is 58.0 cm³/mol. The van der Waals surface area contributed by atoms with E-state index in [-0.39, 0.29) is 11.8 Å². The molecule has 6 heteroatoms. The van der Waals surface area contributed by atoms with Crippen molar-refractivity contribution < 1.29 is 19.5 Å². The summed E-state index contributed by atoms with van der Waals surface area (Å²) in [5.41, 5.74) is 0. The summed E-state index contributed by atoms with van der Waals surface area (Å²) in [5.74, 6) is -2.22. The van der Waals surface area contributed by atoms with E-state index in [0.29, 0.717) is 19.4 Å². The van der Waals surface area contributed by atoms with E-state index >= 15 is 0 Å². The standard InChI is InChI=1S/C11H16N2O4/c1-12-9(14)8-3-2-4-13(8)10(15)6-5-7(6)11(16)17/h6-8H,2-5H2,1H3,(H,12,14)(H,16,17)/t6-,7+,8?/m1/s1. The van der Waals surface area contributed by atoms with Crippen LogP contribution in [0.15, 0.2) is 0 Å². The van der Waals surface area contributed by atoms with Crippen molar-refractivity contribution in [2.45, 2.75) is 25.3 Å². The molecule has 0 aromatic carbocycles. The van der Waals surface area contributed by atoms with Crippen LogP contribution in [-0.4, -0.2) is 47.4 Å². The van der Waals surface area contributed by atoms with E-state index < -0.39 is 23.8 Å². The molecule has 17 heavy (non-hydrogen) atoms. The lowest BCUT2D eigenvalue weighted by Crippen LogP contribution is -2.45. The molecule has 2 rings (SSSR count). The third kappa shape index (κ3) is 2.11. The lowest BCUT2D eigenvalue weighted by molar-refractivity contribution is -0.143. The molecule has 1 aliphatic heterocycles. The van der Waals surface area contributed by atoms with Crippen molar-refractivity contribution in [3.63, 3.8) is 0 Å². The number of hydrogen-bond donors (Lipinski definition) is 2. The number of amides is 2. The van der Waals surface area contributed by atoms with Crippen LogP contribution in [0.2, 0.25) is 0 Å². The molecule has 1 unspecified atom stereocenters. The molecule has 2 fully saturated rings. The lowest BCUT2D eigenvalue weighted by Gasteiger charge is -2.23. The van der Waals surface area contributed by atoms with Crippen LogP contribution in [0, 0.1) is 11.8 Å². The van der Waals surface area contributed by atoms with E-state index in [1.54, 1.807) is 7.05 Å². The minimum absolute atomic E-state index is 0.164. The van der Waals surface area contributed by atoms with Gasteiger partial charge in [-0.2, -0.15) is 0 Å². The Morgan fingerprint density at radius 3 is 2.53 bits per heavy atom. The fraction of sp³-hybridized carbons (Fsp3) is 0.727. The second-order valence-electron chi connectivity index (χ2n) is 4.59. The Bertz CT molecular complexity index is 368. The molecule has 0 bridgehead atoms. The van der Waals surface area contributed by atoms with Crippen molar-refractivity contribution in [2.75, 3.05) is 13.6 Å². The number of likely N-dealkylation sites (tertiary alicyclic amines) is 1. The van der Waals surface area contributed by atoms with E-state index in [2.05, 4.69) is 5.32 Å². The van der Waals surface area contributed by atoms with Gasteiger partial charge in [-0.15, -0.1) is 0 Å². The first kappa shape index (κ1) is 11.9. The fourth-order valence-electron chi connectivity index (χ4n) is 2.42. The first-order chi connectivity index (χ1) is 8.06. The average molecular weight is 240 g/mol. The molecule has 2 aliphatic rings. The minimum Gasteiger partial charge on any atom is -0.481 e. The first-order valence-corrected chi connectivity index (χ1v) is 5.81. The largest absolute Gasteiger partial charge is 0.481 e. The van der Waals surface area contributed by atoms with Gasteiger partial charge < -0.3 is 15.3 Å². The smallest absolute Gasteiger partial charge is 0.307 e. The van der Waals surface area contributed by atoms with E-state index in [9.17, 15) is 14.4 Å². The summed E-state index contributed by atoms with van der Waals surface area (Å²) in [6.07, 6.45) is 1.87. The van der Waals surface area contributed by atoms with E-state index in [4.69, 9.17) is 5.11 Å². The Labute approximate surface area is 99.0 Å². The van der Waals surface area contributed by atoms with Crippen LogP contribution in [0.25, 0.3) is 0 Å². The fourth-order valence-corrected chi connectivity index (χ4v) is 2.42. The number of hydrogen-bond acceptors (Lipinski definition) is 3. The van der Waals surface area contributed by atoms with Crippen LogP contribution in [0.4, 0.5) is 0 Å². The highest BCUT2D eigenvalue weighted by atomic mass is 16.4. The van der Waals surface area contributed by atoms with Crippen molar-refractivity contribution in [3.05, 3.63) is 0 Å². The molecule has 2 amide bonds. The third-order valence-corrected chi connectivity index (χ3v) is 3.51. The molecule has 0 spiro atoms. The first-order valence-electron chi connectivity index (χ1n) is 5.81. The number of likely N-dealkylation sites (N-methyl/N-ethyl adjacent to an activating group) is 1. The molecule has 0 aromatic heterocycles. The van der Waals surface area contributed by atoms with Crippen molar-refractivity contribution in [1.29, 1.82) is 0 Å². The van der Waals surface area contributed by atoms with Crippen molar-refractivity contribution >= 4 is 17.8 Å². The summed E-state index contributed by atoms with van der Waals surface area (Å²) in [5, 5.41) is 11.3. The minimum atomic E-state index is -0.918. The molecule has 1 aliphatic carbocycles. The van der Waals surface area contributed by atoms with Gasteiger partial charge in [-0.25, -0.2) is 0 Å². The van der Waals surface area contributed by atoms with Gasteiger partial charge in [-0.1, -0.05) is 0 Å². The number of carboxylic acid groups (broad SMARTS) is 1. The Hall–Kier alpha value is -1.59. The SMILES string of the molecule is CNC(=O)C1CCCN1C(=O)[C@@H]1C[C@@H]1C(=O)O. The normalized spacial score (nSPS) is 31.1. The molecular formula is C11H16N2O4. The van der Waals surface area contributed by atoms with Crippen LogP contribution in [0.3, 0.4) is 0 Å². The van der Waals surface area contributed by atoms with E-state index in [1.807, 2.05) is 0 Å². The van der Waals surface area contributed by atoms with E-state index in [0.717, 1.165) is 6.42 Å². The summed E-state index contributed by atoms with van der Waals surface area (Å²) in [4.78, 5) is 35.8. The highest BCUT2D eigenvalue weighted by Crippen LogP contribution is 2.41. The van der Waals surface area contributed by atoms with Gasteiger partial charge in [-0.3, -0.25) is 14.4 Å². The second-order valence-corrected chi connectivity index (χ2v) is 4.59. The van der Waals surface area contributed by atoms with Gasteiger partial charge in [0.05, 0.1) is 11.8 Å². The molecule has 1 heterocycles. The lowest BCUT2D eigenvalue weighted by atomic mass is 10.2. The van der Waals surface area contributed by atoms with Crippen LogP contribution in [0.5, 0.6) is 0 Å². The van der Waals surface area contributed by atoms with Crippen molar-refractivity contribution in [2.24, 2.45) is 11.8 Å². The van der Waals surface area contributed by atoms with Gasteiger partial charge in [-0.05, 0) is 19.3 Å². The van der Waals surface area contributed by atoms with Crippen LogP contribution < -0.4 is 5.32 Å². The number of carbonyl (C=O) groups excluding carboxylic acids is 2. The number of aliphatic carboxylic acids is 1. The quantitative estimate of drug-likeness (QED) is 0.692. The molecule has 0 radical (unpaired) electrons. The maximum Gasteiger partial charge on any atom is 0.307 e. The summed E-state index contributed by atoms with van der Waals surface area (Å²) < 4.78 is 0. The van der Waals surface area contributed by atoms with Crippen molar-refractivity contribution in [1.82, 2.24) is 10.2 Å². The summed E-state index contributed by atoms with van der Waals surface area (Å²) in [7, 11) is 1.54. The topological polar surface area (TPSA) is 86.7 Å². The number of nitrogens with one attached hydrogen (secondary N) is 1. The summed E-state index contributed by atoms with van der Waals surface area (Å²) >= 11 is 0. The van der Waals surface area contributed by atoms with Gasteiger partial charge in [0.15, 0.2) is 0 Å². The highest BCUT2D eigenvalue weighted by molar-refractivity contribution is 5.93. The van der Waals surface area contributed by atoms with Gasteiger partial charge in [0.2, 0.25) is 11.8 Å². The summed E-state index contributed by atoms with van der Waals surface area (Å²) in [6.45, 7) is 0.555. The highest BCUT2D eigenvalue weighted by Gasteiger charge is 2.51. The zero-order valence-electron chi connectivity index (χ0n) is 9.68. The number of nitrogens with zero attached hydrogens (tertiary/aromatic N) is 1. The Morgan fingerprint density at radius 2 is 2.00 bits per heavy atom. The molecule has 0 aromatic rings. The molecule has 2 N–H and O–H groups in total. The summed E-state index contributed by atoms with van der Waals surface area (Å²) in [6, 6.07) is -0.414. The molecule has 6 nitrogen and oxygen atoms in total. The zero-order valence-corrected chi connectivity index (χ0v) is 9.68. The number of carbonyl (C=O) groups is 3. The van der Waals surface area contributed by atoms with Gasteiger partial charge in [0.1, 0.15) is 6.04 Å². The number of carboxylic acids is 1. The molecular weight excluding hydrogens is 224 g/mol. The van der Waals surface area contributed by atoms with Crippen molar-refractivity contribution in [3.8, 4) is 0 Å². The Kier molecular flexibility index (Phi) is 3.04. The maximum atomic E-state index is 12.0. The maximum absolute atomic E-state index is 12.0. The average Bonchev–Trinajstić information content (AvgIpc) is 2.97. The van der Waals surface area contributed by atoms with Crippen LogP contribution in [-0.2, 0) is 14.4 Å². The van der Waals surface area contributed by atoms with Crippen LogP contribution in [0.1, 0.15) is 19.3 Å². The number of rotatable bonds is 3. The predicted octanol–water partition coefficient (Wildman–Crippen LogP) is -0.556. The van der Waals surface area contributed by atoms with E-state index in [1.165, 1.54) is 4.90 Å². The zero-order chi connectivity index (χ0) is 12.6. The van der Waals surface area contributed by atoms with Gasteiger partial charge >= 0.3 is 5.97 Å². The third-order valence-electron chi connectivity index (χ3n) is 3.51. The second kappa shape index (κ2) is 4.35. The molecule has 94 valence electrons. The van der Waals surface area contributed by atoms with Gasteiger partial charge in [0.25, 0.3) is 0 Å². The van der Waals surface area contributed by atoms with Crippen LogP contribution >= 0.6 is 0 Å². The monoisotopic (exact) mass is 240 g/mol.